The number of nitrogen functional groups attached to an aromatic ring is 1. The number of hydrogen-bond donors (Lipinski definition) is 3. The van der Waals surface area contributed by atoms with E-state index in [1.165, 1.54) is 19.2 Å². The van der Waals surface area contributed by atoms with Crippen molar-refractivity contribution in [1.82, 2.24) is 10.3 Å². The molecule has 0 saturated heterocycles. The molecule has 0 saturated carbocycles. The summed E-state index contributed by atoms with van der Waals surface area (Å²) in [5.74, 6) is -0.523. The Kier molecular flexibility index (Phi) is 6.36. The van der Waals surface area contributed by atoms with Crippen LogP contribution in [-0.4, -0.2) is 37.0 Å². The van der Waals surface area contributed by atoms with E-state index in [-0.39, 0.29) is 17.9 Å². The Morgan fingerprint density at radius 1 is 1.30 bits per heavy atom. The van der Waals surface area contributed by atoms with Crippen molar-refractivity contribution >= 4 is 34.4 Å². The summed E-state index contributed by atoms with van der Waals surface area (Å²) >= 11 is 0. The van der Waals surface area contributed by atoms with Gasteiger partial charge >= 0.3 is 0 Å². The lowest BCUT2D eigenvalue weighted by Crippen LogP contribution is -2.33. The van der Waals surface area contributed by atoms with Gasteiger partial charge in [0.1, 0.15) is 5.82 Å². The summed E-state index contributed by atoms with van der Waals surface area (Å²) in [7, 11) is 2.97. The minimum atomic E-state index is -0.825. The highest BCUT2D eigenvalue weighted by Gasteiger charge is 2.21. The minimum Gasteiger partial charge on any atom is -0.494 e. The number of pyridine rings is 1. The van der Waals surface area contributed by atoms with Crippen LogP contribution < -0.4 is 15.8 Å². The van der Waals surface area contributed by atoms with Gasteiger partial charge in [-0.25, -0.2) is 9.37 Å². The standard InChI is InChI=1S/C22H22FN5O2/c1-26-8-7-18(24)21(13-5-6-19(30-2)17(23)10-13)28-22(29)14-3-4-15-12-27-20(25)11-16(15)9-14/h3-6,8-12,21,24H,7H2,1-2H3,(H2,25,27)(H,28,29). The number of halogens is 1. The average Bonchev–Trinajstić information content (AvgIpc) is 2.75. The smallest absolute Gasteiger partial charge is 0.252 e. The molecule has 8 heteroatoms. The zero-order valence-electron chi connectivity index (χ0n) is 16.6. The lowest BCUT2D eigenvalue weighted by molar-refractivity contribution is 0.0946. The second-order valence-electron chi connectivity index (χ2n) is 6.64. The molecule has 0 radical (unpaired) electrons. The predicted molar refractivity (Wildman–Crippen MR) is 116 cm³/mol. The number of nitrogens with zero attached hydrogens (tertiary/aromatic N) is 2. The minimum absolute atomic E-state index is 0.0891. The lowest BCUT2D eigenvalue weighted by Gasteiger charge is -2.20. The molecule has 1 atom stereocenters. The molecule has 0 aliphatic carbocycles. The predicted octanol–water partition coefficient (Wildman–Crippen LogP) is 3.55. The van der Waals surface area contributed by atoms with E-state index in [0.717, 1.165) is 10.8 Å². The van der Waals surface area contributed by atoms with Crippen molar-refractivity contribution in [2.45, 2.75) is 12.5 Å². The van der Waals surface area contributed by atoms with Crippen molar-refractivity contribution in [3.05, 3.63) is 65.6 Å². The molecular weight excluding hydrogens is 385 g/mol. The molecule has 2 aromatic carbocycles. The first-order valence-corrected chi connectivity index (χ1v) is 9.20. The number of ether oxygens (including phenoxy) is 1. The molecule has 4 N–H and O–H groups in total. The van der Waals surface area contributed by atoms with Crippen molar-refractivity contribution in [1.29, 1.82) is 5.41 Å². The van der Waals surface area contributed by atoms with Gasteiger partial charge in [-0.2, -0.15) is 0 Å². The largest absolute Gasteiger partial charge is 0.494 e. The molecule has 7 nitrogen and oxygen atoms in total. The van der Waals surface area contributed by atoms with Crippen LogP contribution in [0.4, 0.5) is 10.2 Å². The Morgan fingerprint density at radius 3 is 2.80 bits per heavy atom. The molecular formula is C22H22FN5O2. The number of aromatic nitrogens is 1. The van der Waals surface area contributed by atoms with Gasteiger partial charge in [-0.1, -0.05) is 12.1 Å². The fourth-order valence-electron chi connectivity index (χ4n) is 3.05. The Morgan fingerprint density at radius 2 is 2.10 bits per heavy atom. The van der Waals surface area contributed by atoms with Gasteiger partial charge in [0.25, 0.3) is 5.91 Å². The highest BCUT2D eigenvalue weighted by Crippen LogP contribution is 2.24. The highest BCUT2D eigenvalue weighted by molar-refractivity contribution is 6.04. The van der Waals surface area contributed by atoms with Crippen LogP contribution in [-0.2, 0) is 0 Å². The third kappa shape index (κ3) is 4.60. The van der Waals surface area contributed by atoms with Crippen LogP contribution in [0.1, 0.15) is 28.4 Å². The Balaban J connectivity index is 1.93. The quantitative estimate of drug-likeness (QED) is 0.520. The maximum atomic E-state index is 14.2. The van der Waals surface area contributed by atoms with Gasteiger partial charge in [-0.05, 0) is 41.3 Å². The molecule has 0 bridgehead atoms. The van der Waals surface area contributed by atoms with Crippen LogP contribution in [0.15, 0.2) is 53.7 Å². The number of rotatable bonds is 7. The fourth-order valence-corrected chi connectivity index (χ4v) is 3.05. The average molecular weight is 407 g/mol. The van der Waals surface area contributed by atoms with Gasteiger partial charge < -0.3 is 26.2 Å². The molecule has 3 rings (SSSR count). The molecule has 3 aromatic rings. The van der Waals surface area contributed by atoms with E-state index in [9.17, 15) is 9.18 Å². The number of amides is 1. The lowest BCUT2D eigenvalue weighted by atomic mass is 9.99. The number of carbonyl (C=O) groups excluding carboxylic acids is 1. The number of methoxy groups -OCH3 is 1. The Bertz CT molecular complexity index is 1130. The van der Waals surface area contributed by atoms with Crippen molar-refractivity contribution < 1.29 is 13.9 Å². The third-order valence-corrected chi connectivity index (χ3v) is 4.63. The van der Waals surface area contributed by atoms with Crippen molar-refractivity contribution in [3.63, 3.8) is 0 Å². The van der Waals surface area contributed by atoms with Gasteiger partial charge in [0.2, 0.25) is 0 Å². The molecule has 1 unspecified atom stereocenters. The Labute approximate surface area is 173 Å². The van der Waals surface area contributed by atoms with Crippen molar-refractivity contribution in [3.8, 4) is 5.75 Å². The number of nitrogens with one attached hydrogen (secondary N) is 2. The van der Waals surface area contributed by atoms with Crippen molar-refractivity contribution in [2.75, 3.05) is 19.9 Å². The van der Waals surface area contributed by atoms with Gasteiger partial charge in [-0.15, -0.1) is 0 Å². The first-order chi connectivity index (χ1) is 14.4. The number of anilines is 1. The summed E-state index contributed by atoms with van der Waals surface area (Å²) in [4.78, 5) is 20.9. The summed E-state index contributed by atoms with van der Waals surface area (Å²) in [5.41, 5.74) is 6.73. The molecule has 1 aromatic heterocycles. The maximum Gasteiger partial charge on any atom is 0.252 e. The first kappa shape index (κ1) is 20.9. The summed E-state index contributed by atoms with van der Waals surface area (Å²) in [5, 5.41) is 12.8. The molecule has 1 heterocycles. The summed E-state index contributed by atoms with van der Waals surface area (Å²) in [6, 6.07) is 10.3. The van der Waals surface area contributed by atoms with E-state index in [1.54, 1.807) is 49.8 Å². The maximum absolute atomic E-state index is 14.2. The van der Waals surface area contributed by atoms with E-state index in [4.69, 9.17) is 15.9 Å². The number of fused-ring (bicyclic) bond motifs is 1. The third-order valence-electron chi connectivity index (χ3n) is 4.63. The molecule has 0 fully saturated rings. The number of aliphatic imine (C=N–C) groups is 1. The molecule has 30 heavy (non-hydrogen) atoms. The molecule has 154 valence electrons. The van der Waals surface area contributed by atoms with Gasteiger partial charge in [-0.3, -0.25) is 4.79 Å². The monoisotopic (exact) mass is 407 g/mol. The van der Waals surface area contributed by atoms with E-state index < -0.39 is 17.8 Å². The van der Waals surface area contributed by atoms with Crippen LogP contribution in [0, 0.1) is 11.2 Å². The zero-order chi connectivity index (χ0) is 21.7. The highest BCUT2D eigenvalue weighted by atomic mass is 19.1. The summed E-state index contributed by atoms with van der Waals surface area (Å²) in [6.07, 6.45) is 3.41. The molecule has 1 amide bonds. The van der Waals surface area contributed by atoms with Crippen LogP contribution in [0.2, 0.25) is 0 Å². The SMILES string of the molecule is CN=CCC(=N)C(NC(=O)c1ccc2cnc(N)cc2c1)c1ccc(OC)c(F)c1. The van der Waals surface area contributed by atoms with Crippen molar-refractivity contribution in [2.24, 2.45) is 4.99 Å². The van der Waals surface area contributed by atoms with E-state index in [1.807, 2.05) is 0 Å². The topological polar surface area (TPSA) is 113 Å². The van der Waals surface area contributed by atoms with E-state index >= 15 is 0 Å². The fraction of sp³-hybridized carbons (Fsp3) is 0.182. The van der Waals surface area contributed by atoms with Gasteiger partial charge in [0.15, 0.2) is 11.6 Å². The molecule has 0 aliphatic heterocycles. The second-order valence-corrected chi connectivity index (χ2v) is 6.64. The molecule has 0 spiro atoms. The van der Waals surface area contributed by atoms with Gasteiger partial charge in [0, 0.05) is 42.5 Å². The van der Waals surface area contributed by atoms with E-state index in [2.05, 4.69) is 15.3 Å². The zero-order valence-corrected chi connectivity index (χ0v) is 16.6. The van der Waals surface area contributed by atoms with Crippen LogP contribution in [0.5, 0.6) is 5.75 Å². The van der Waals surface area contributed by atoms with E-state index in [0.29, 0.717) is 16.9 Å². The van der Waals surface area contributed by atoms with Crippen LogP contribution in [0.25, 0.3) is 10.8 Å². The molecule has 0 aliphatic rings. The van der Waals surface area contributed by atoms with Gasteiger partial charge in [0.05, 0.1) is 13.2 Å². The Hall–Kier alpha value is -3.81. The van der Waals surface area contributed by atoms with Crippen LogP contribution >= 0.6 is 0 Å². The van der Waals surface area contributed by atoms with Crippen LogP contribution in [0.3, 0.4) is 0 Å². The summed E-state index contributed by atoms with van der Waals surface area (Å²) < 4.78 is 19.2. The summed E-state index contributed by atoms with van der Waals surface area (Å²) in [6.45, 7) is 0. The number of carbonyl (C=O) groups is 1. The second kappa shape index (κ2) is 9.13. The number of nitrogens with two attached hydrogens (primary N) is 1. The number of hydrogen-bond acceptors (Lipinski definition) is 6. The normalized spacial score (nSPS) is 12.1. The first-order valence-electron chi connectivity index (χ1n) is 9.20. The number of benzene rings is 2.